The van der Waals surface area contributed by atoms with E-state index in [9.17, 15) is 14.0 Å². The topological polar surface area (TPSA) is 81.9 Å². The Morgan fingerprint density at radius 1 is 1.18 bits per heavy atom. The number of nitrogens with zero attached hydrogens (tertiary/aromatic N) is 2. The molecule has 0 bridgehead atoms. The van der Waals surface area contributed by atoms with Gasteiger partial charge >= 0.3 is 5.97 Å². The van der Waals surface area contributed by atoms with Crippen molar-refractivity contribution in [3.05, 3.63) is 65.6 Å². The summed E-state index contributed by atoms with van der Waals surface area (Å²) in [6.45, 7) is 0.505. The molecule has 0 aliphatic carbocycles. The Labute approximate surface area is 159 Å². The van der Waals surface area contributed by atoms with E-state index in [1.54, 1.807) is 18.2 Å². The van der Waals surface area contributed by atoms with E-state index in [1.165, 1.54) is 42.3 Å². The van der Waals surface area contributed by atoms with Crippen LogP contribution in [-0.4, -0.2) is 37.3 Å². The first-order valence-corrected chi connectivity index (χ1v) is 8.47. The molecule has 7 nitrogen and oxygen atoms in total. The fourth-order valence-electron chi connectivity index (χ4n) is 2.99. The molecule has 0 saturated heterocycles. The van der Waals surface area contributed by atoms with Crippen molar-refractivity contribution in [1.82, 2.24) is 5.16 Å². The molecule has 4 rings (SSSR count). The van der Waals surface area contributed by atoms with E-state index in [1.807, 2.05) is 0 Å². The molecular weight excluding hydrogens is 367 g/mol. The van der Waals surface area contributed by atoms with E-state index < -0.39 is 11.9 Å². The second-order valence-electron chi connectivity index (χ2n) is 6.03. The van der Waals surface area contributed by atoms with Crippen LogP contribution in [0.15, 0.2) is 53.1 Å². The Bertz CT molecular complexity index is 1050. The molecule has 3 aromatic rings. The third-order valence-electron chi connectivity index (χ3n) is 4.35. The monoisotopic (exact) mass is 382 g/mol. The minimum Gasteiger partial charge on any atom is -0.489 e. The molecule has 2 heterocycles. The number of halogens is 1. The van der Waals surface area contributed by atoms with Gasteiger partial charge in [0.05, 0.1) is 19.3 Å². The highest BCUT2D eigenvalue weighted by Crippen LogP contribution is 2.36. The molecule has 0 unspecified atom stereocenters. The zero-order valence-electron chi connectivity index (χ0n) is 14.8. The van der Waals surface area contributed by atoms with Crippen LogP contribution < -0.4 is 9.64 Å². The van der Waals surface area contributed by atoms with Crippen molar-refractivity contribution in [3.63, 3.8) is 0 Å². The molecule has 1 aromatic heterocycles. The van der Waals surface area contributed by atoms with Crippen LogP contribution in [0, 0.1) is 5.82 Å². The highest BCUT2D eigenvalue weighted by molar-refractivity contribution is 6.07. The molecular formula is C20H15FN2O5. The number of carbonyl (C=O) groups is 2. The molecule has 142 valence electrons. The Hall–Kier alpha value is -3.68. The van der Waals surface area contributed by atoms with Crippen LogP contribution in [-0.2, 0) is 4.74 Å². The van der Waals surface area contributed by atoms with Crippen molar-refractivity contribution in [2.24, 2.45) is 0 Å². The number of rotatable bonds is 3. The van der Waals surface area contributed by atoms with Gasteiger partial charge in [0.1, 0.15) is 18.0 Å². The number of methoxy groups -OCH3 is 1. The lowest BCUT2D eigenvalue weighted by Gasteiger charge is -2.29. The lowest BCUT2D eigenvalue weighted by Crippen LogP contribution is -2.38. The highest BCUT2D eigenvalue weighted by Gasteiger charge is 2.30. The lowest BCUT2D eigenvalue weighted by atomic mass is 10.1. The largest absolute Gasteiger partial charge is 0.489 e. The lowest BCUT2D eigenvalue weighted by molar-refractivity contribution is 0.0595. The van der Waals surface area contributed by atoms with Crippen molar-refractivity contribution in [1.29, 1.82) is 0 Å². The smallest absolute Gasteiger partial charge is 0.341 e. The number of fused-ring (bicyclic) bond motifs is 1. The van der Waals surface area contributed by atoms with Crippen LogP contribution in [0.2, 0.25) is 0 Å². The molecule has 0 saturated carbocycles. The standard InChI is InChI=1S/C20H15FN2O5/c1-26-20(25)14-3-2-4-16-18(14)27-10-9-23(16)19(24)15-11-17(28-22-15)12-5-7-13(21)8-6-12/h2-8,11H,9-10H2,1H3. The summed E-state index contributed by atoms with van der Waals surface area (Å²) in [7, 11) is 1.28. The fraction of sp³-hybridized carbons (Fsp3) is 0.150. The van der Waals surface area contributed by atoms with Crippen LogP contribution >= 0.6 is 0 Å². The van der Waals surface area contributed by atoms with Gasteiger partial charge in [-0.2, -0.15) is 0 Å². The number of benzene rings is 2. The van der Waals surface area contributed by atoms with Gasteiger partial charge in [0.2, 0.25) is 0 Å². The van der Waals surface area contributed by atoms with Crippen molar-refractivity contribution in [3.8, 4) is 17.1 Å². The van der Waals surface area contributed by atoms with Crippen LogP contribution in [0.5, 0.6) is 5.75 Å². The number of anilines is 1. The SMILES string of the molecule is COC(=O)c1cccc2c1OCCN2C(=O)c1cc(-c2ccc(F)cc2)on1. The van der Waals surface area contributed by atoms with E-state index in [4.69, 9.17) is 14.0 Å². The van der Waals surface area contributed by atoms with Gasteiger partial charge in [0, 0.05) is 11.6 Å². The molecule has 0 radical (unpaired) electrons. The second-order valence-corrected chi connectivity index (χ2v) is 6.03. The molecule has 2 aromatic carbocycles. The number of aromatic nitrogens is 1. The van der Waals surface area contributed by atoms with Gasteiger partial charge in [-0.25, -0.2) is 9.18 Å². The minimum atomic E-state index is -0.550. The van der Waals surface area contributed by atoms with E-state index in [0.717, 1.165) is 0 Å². The zero-order valence-corrected chi connectivity index (χ0v) is 14.8. The predicted octanol–water partition coefficient (Wildman–Crippen LogP) is 3.31. The molecule has 0 spiro atoms. The molecule has 1 amide bonds. The van der Waals surface area contributed by atoms with Gasteiger partial charge in [-0.3, -0.25) is 9.69 Å². The average molecular weight is 382 g/mol. The van der Waals surface area contributed by atoms with Crippen LogP contribution in [0.1, 0.15) is 20.8 Å². The summed E-state index contributed by atoms with van der Waals surface area (Å²) < 4.78 is 28.7. The summed E-state index contributed by atoms with van der Waals surface area (Å²) in [5.41, 5.74) is 1.38. The van der Waals surface area contributed by atoms with E-state index in [-0.39, 0.29) is 36.0 Å². The first kappa shape index (κ1) is 17.7. The van der Waals surface area contributed by atoms with Crippen molar-refractivity contribution >= 4 is 17.6 Å². The molecule has 0 fully saturated rings. The quantitative estimate of drug-likeness (QED) is 0.647. The fourth-order valence-corrected chi connectivity index (χ4v) is 2.99. The van der Waals surface area contributed by atoms with Gasteiger partial charge < -0.3 is 14.0 Å². The van der Waals surface area contributed by atoms with Gasteiger partial charge in [0.25, 0.3) is 5.91 Å². The van der Waals surface area contributed by atoms with E-state index in [2.05, 4.69) is 5.16 Å². The van der Waals surface area contributed by atoms with E-state index >= 15 is 0 Å². The van der Waals surface area contributed by atoms with Crippen LogP contribution in [0.4, 0.5) is 10.1 Å². The molecule has 0 atom stereocenters. The number of ether oxygens (including phenoxy) is 2. The predicted molar refractivity (Wildman–Crippen MR) is 96.9 cm³/mol. The first-order valence-electron chi connectivity index (χ1n) is 8.47. The van der Waals surface area contributed by atoms with Gasteiger partial charge in [-0.05, 0) is 36.4 Å². The Balaban J connectivity index is 1.66. The number of carbonyl (C=O) groups excluding carboxylic acids is 2. The maximum Gasteiger partial charge on any atom is 0.341 e. The number of hydrogen-bond acceptors (Lipinski definition) is 6. The Morgan fingerprint density at radius 3 is 2.71 bits per heavy atom. The zero-order chi connectivity index (χ0) is 19.7. The van der Waals surface area contributed by atoms with Crippen molar-refractivity contribution in [2.45, 2.75) is 0 Å². The molecule has 0 N–H and O–H groups in total. The van der Waals surface area contributed by atoms with E-state index in [0.29, 0.717) is 17.0 Å². The minimum absolute atomic E-state index is 0.0932. The van der Waals surface area contributed by atoms with Crippen LogP contribution in [0.25, 0.3) is 11.3 Å². The maximum atomic E-state index is 13.1. The summed E-state index contributed by atoms with van der Waals surface area (Å²) in [6, 6.07) is 12.1. The summed E-state index contributed by atoms with van der Waals surface area (Å²) in [5.74, 6) is -0.683. The maximum absolute atomic E-state index is 13.1. The number of para-hydroxylation sites is 1. The third kappa shape index (κ3) is 3.09. The second kappa shape index (κ2) is 7.15. The van der Waals surface area contributed by atoms with Gasteiger partial charge in [-0.1, -0.05) is 11.2 Å². The summed E-state index contributed by atoms with van der Waals surface area (Å²) >= 11 is 0. The van der Waals surface area contributed by atoms with Crippen molar-refractivity contribution in [2.75, 3.05) is 25.2 Å². The molecule has 1 aliphatic heterocycles. The number of esters is 1. The first-order chi connectivity index (χ1) is 13.6. The number of amides is 1. The average Bonchev–Trinajstić information content (AvgIpc) is 3.22. The summed E-state index contributed by atoms with van der Waals surface area (Å²) in [5, 5.41) is 3.84. The highest BCUT2D eigenvalue weighted by atomic mass is 19.1. The van der Waals surface area contributed by atoms with Crippen LogP contribution in [0.3, 0.4) is 0 Å². The van der Waals surface area contributed by atoms with Gasteiger partial charge in [0.15, 0.2) is 17.2 Å². The summed E-state index contributed by atoms with van der Waals surface area (Å²) in [6.07, 6.45) is 0. The molecule has 1 aliphatic rings. The Kier molecular flexibility index (Phi) is 4.52. The third-order valence-corrected chi connectivity index (χ3v) is 4.35. The summed E-state index contributed by atoms with van der Waals surface area (Å²) in [4.78, 5) is 26.4. The molecule has 28 heavy (non-hydrogen) atoms. The molecule has 8 heteroatoms. The normalized spacial score (nSPS) is 12.9. The van der Waals surface area contributed by atoms with Gasteiger partial charge in [-0.15, -0.1) is 0 Å². The van der Waals surface area contributed by atoms with Crippen molar-refractivity contribution < 1.29 is 28.0 Å². The number of hydrogen-bond donors (Lipinski definition) is 0. The Morgan fingerprint density at radius 2 is 1.96 bits per heavy atom.